The second-order valence-corrected chi connectivity index (χ2v) is 6.74. The third kappa shape index (κ3) is 3.78. The largest absolute Gasteiger partial charge is 0.496 e. The van der Waals surface area contributed by atoms with Crippen molar-refractivity contribution in [2.75, 3.05) is 20.2 Å². The van der Waals surface area contributed by atoms with E-state index in [1.165, 1.54) is 0 Å². The van der Waals surface area contributed by atoms with Crippen LogP contribution in [0, 0.1) is 5.92 Å². The maximum atomic E-state index is 11.8. The van der Waals surface area contributed by atoms with Crippen LogP contribution >= 0.6 is 0 Å². The molecule has 2 aromatic carbocycles. The number of carboxylic acids is 1. The van der Waals surface area contributed by atoms with Gasteiger partial charge in [0.1, 0.15) is 5.75 Å². The molecule has 1 heterocycles. The van der Waals surface area contributed by atoms with Crippen LogP contribution in [0.1, 0.15) is 34.3 Å². The molecule has 0 bridgehead atoms. The summed E-state index contributed by atoms with van der Waals surface area (Å²) in [6.07, 6.45) is 0. The summed E-state index contributed by atoms with van der Waals surface area (Å²) in [5.41, 5.74) is 2.70. The number of para-hydroxylation sites is 1. The first-order valence-corrected chi connectivity index (χ1v) is 8.67. The molecule has 5 nitrogen and oxygen atoms in total. The number of ketones is 1. The van der Waals surface area contributed by atoms with E-state index >= 15 is 0 Å². The van der Waals surface area contributed by atoms with Gasteiger partial charge in [0.2, 0.25) is 0 Å². The predicted octanol–water partition coefficient (Wildman–Crippen LogP) is 3.20. The maximum absolute atomic E-state index is 11.8. The molecule has 5 heteroatoms. The first-order chi connectivity index (χ1) is 12.5. The monoisotopic (exact) mass is 353 g/mol. The highest BCUT2D eigenvalue weighted by molar-refractivity contribution is 5.94. The number of hydrogen-bond donors (Lipinski definition) is 1. The summed E-state index contributed by atoms with van der Waals surface area (Å²) in [5, 5.41) is 9.68. The highest BCUT2D eigenvalue weighted by Gasteiger charge is 2.39. The molecule has 0 unspecified atom stereocenters. The van der Waals surface area contributed by atoms with Gasteiger partial charge >= 0.3 is 5.97 Å². The van der Waals surface area contributed by atoms with Crippen LogP contribution in [0.3, 0.4) is 0 Å². The number of hydrogen-bond acceptors (Lipinski definition) is 4. The van der Waals surface area contributed by atoms with Crippen LogP contribution in [-0.2, 0) is 11.3 Å². The van der Waals surface area contributed by atoms with Gasteiger partial charge in [-0.3, -0.25) is 14.5 Å². The number of carboxylic acid groups (broad SMARTS) is 1. The normalized spacial score (nSPS) is 20.1. The number of benzene rings is 2. The minimum Gasteiger partial charge on any atom is -0.496 e. The molecule has 1 saturated heterocycles. The van der Waals surface area contributed by atoms with Crippen molar-refractivity contribution in [3.05, 3.63) is 65.2 Å². The lowest BCUT2D eigenvalue weighted by Gasteiger charge is -2.18. The van der Waals surface area contributed by atoms with Crippen molar-refractivity contribution in [3.63, 3.8) is 0 Å². The smallest absolute Gasteiger partial charge is 0.308 e. The molecule has 1 fully saturated rings. The Bertz CT molecular complexity index is 800. The van der Waals surface area contributed by atoms with Gasteiger partial charge in [-0.05, 0) is 24.1 Å². The fourth-order valence-corrected chi connectivity index (χ4v) is 3.66. The Morgan fingerprint density at radius 1 is 1.12 bits per heavy atom. The number of rotatable bonds is 6. The Labute approximate surface area is 153 Å². The zero-order valence-corrected chi connectivity index (χ0v) is 15.0. The molecule has 2 aromatic rings. The van der Waals surface area contributed by atoms with Crippen LogP contribution in [0.2, 0.25) is 0 Å². The molecule has 0 amide bonds. The van der Waals surface area contributed by atoms with Crippen LogP contribution in [0.5, 0.6) is 5.75 Å². The van der Waals surface area contributed by atoms with Crippen molar-refractivity contribution >= 4 is 11.8 Å². The maximum Gasteiger partial charge on any atom is 0.308 e. The summed E-state index contributed by atoms with van der Waals surface area (Å²) in [4.78, 5) is 25.3. The summed E-state index contributed by atoms with van der Waals surface area (Å²) >= 11 is 0. The zero-order valence-electron chi connectivity index (χ0n) is 15.0. The van der Waals surface area contributed by atoms with E-state index in [1.54, 1.807) is 14.0 Å². The van der Waals surface area contributed by atoms with E-state index in [1.807, 2.05) is 48.5 Å². The van der Waals surface area contributed by atoms with Gasteiger partial charge < -0.3 is 9.84 Å². The molecule has 0 spiro atoms. The lowest BCUT2D eigenvalue weighted by atomic mass is 9.88. The summed E-state index contributed by atoms with van der Waals surface area (Å²) in [6.45, 7) is 3.36. The average Bonchev–Trinajstić information content (AvgIpc) is 3.06. The highest BCUT2D eigenvalue weighted by Crippen LogP contribution is 2.38. The van der Waals surface area contributed by atoms with Crippen LogP contribution < -0.4 is 4.74 Å². The minimum absolute atomic E-state index is 0.0416. The first kappa shape index (κ1) is 18.1. The summed E-state index contributed by atoms with van der Waals surface area (Å²) < 4.78 is 5.43. The molecule has 136 valence electrons. The van der Waals surface area contributed by atoms with Gasteiger partial charge in [0.25, 0.3) is 0 Å². The number of aliphatic carboxylic acids is 1. The quantitative estimate of drug-likeness (QED) is 0.808. The SMILES string of the molecule is COc1ccccc1[C@H]1CN(Cc2ccc(C(C)=O)cc2)C[C@@H]1C(=O)O. The van der Waals surface area contributed by atoms with Crippen molar-refractivity contribution in [2.24, 2.45) is 5.92 Å². The fraction of sp³-hybridized carbons (Fsp3) is 0.333. The molecular weight excluding hydrogens is 330 g/mol. The first-order valence-electron chi connectivity index (χ1n) is 8.67. The number of carbonyl (C=O) groups excluding carboxylic acids is 1. The Kier molecular flexibility index (Phi) is 5.38. The number of nitrogens with zero attached hydrogens (tertiary/aromatic N) is 1. The van der Waals surface area contributed by atoms with E-state index in [-0.39, 0.29) is 11.7 Å². The Morgan fingerprint density at radius 3 is 2.42 bits per heavy atom. The van der Waals surface area contributed by atoms with E-state index < -0.39 is 11.9 Å². The molecule has 3 rings (SSSR count). The number of methoxy groups -OCH3 is 1. The second-order valence-electron chi connectivity index (χ2n) is 6.74. The van der Waals surface area contributed by atoms with Crippen molar-refractivity contribution in [1.29, 1.82) is 0 Å². The van der Waals surface area contributed by atoms with Gasteiger partial charge in [0.05, 0.1) is 13.0 Å². The third-order valence-electron chi connectivity index (χ3n) is 5.02. The van der Waals surface area contributed by atoms with Crippen LogP contribution in [0.15, 0.2) is 48.5 Å². The van der Waals surface area contributed by atoms with Crippen molar-refractivity contribution < 1.29 is 19.4 Å². The van der Waals surface area contributed by atoms with E-state index in [0.29, 0.717) is 25.2 Å². The standard InChI is InChI=1S/C21H23NO4/c1-14(23)16-9-7-15(8-10-16)11-22-12-18(19(13-22)21(24)25)17-5-3-4-6-20(17)26-2/h3-10,18-19H,11-13H2,1-2H3,(H,24,25)/t18-,19+/m1/s1. The van der Waals surface area contributed by atoms with E-state index in [2.05, 4.69) is 4.90 Å². The molecule has 26 heavy (non-hydrogen) atoms. The van der Waals surface area contributed by atoms with E-state index in [0.717, 1.165) is 16.9 Å². The summed E-state index contributed by atoms with van der Waals surface area (Å²) in [6, 6.07) is 15.1. The van der Waals surface area contributed by atoms with Crippen LogP contribution in [-0.4, -0.2) is 42.0 Å². The fourth-order valence-electron chi connectivity index (χ4n) is 3.66. The van der Waals surface area contributed by atoms with Gasteiger partial charge in [-0.1, -0.05) is 42.5 Å². The molecule has 1 aliphatic rings. The summed E-state index contributed by atoms with van der Waals surface area (Å²) in [7, 11) is 1.61. The minimum atomic E-state index is -0.782. The Morgan fingerprint density at radius 2 is 1.81 bits per heavy atom. The van der Waals surface area contributed by atoms with Gasteiger partial charge in [-0.25, -0.2) is 0 Å². The zero-order chi connectivity index (χ0) is 18.7. The van der Waals surface area contributed by atoms with E-state index in [9.17, 15) is 14.7 Å². The molecule has 0 aromatic heterocycles. The summed E-state index contributed by atoms with van der Waals surface area (Å²) in [5.74, 6) is -0.588. The van der Waals surface area contributed by atoms with Gasteiger partial charge in [0.15, 0.2) is 5.78 Å². The van der Waals surface area contributed by atoms with Crippen molar-refractivity contribution in [1.82, 2.24) is 4.90 Å². The molecule has 1 aliphatic heterocycles. The van der Waals surface area contributed by atoms with Gasteiger partial charge in [-0.2, -0.15) is 0 Å². The van der Waals surface area contributed by atoms with Gasteiger partial charge in [-0.15, -0.1) is 0 Å². The second kappa shape index (κ2) is 7.70. The number of likely N-dealkylation sites (tertiary alicyclic amines) is 1. The topological polar surface area (TPSA) is 66.8 Å². The molecule has 0 saturated carbocycles. The van der Waals surface area contributed by atoms with Crippen LogP contribution in [0.4, 0.5) is 0 Å². The number of carbonyl (C=O) groups is 2. The molecule has 1 N–H and O–H groups in total. The van der Waals surface area contributed by atoms with Gasteiger partial charge in [0, 0.05) is 31.1 Å². The van der Waals surface area contributed by atoms with E-state index in [4.69, 9.17) is 4.74 Å². The molecule has 2 atom stereocenters. The third-order valence-corrected chi connectivity index (χ3v) is 5.02. The number of Topliss-reactive ketones (excluding diaryl/α,β-unsaturated/α-hetero) is 1. The molecular formula is C21H23NO4. The molecule has 0 radical (unpaired) electrons. The predicted molar refractivity (Wildman–Crippen MR) is 98.6 cm³/mol. The lowest BCUT2D eigenvalue weighted by Crippen LogP contribution is -2.23. The van der Waals surface area contributed by atoms with Crippen molar-refractivity contribution in [3.8, 4) is 5.75 Å². The van der Waals surface area contributed by atoms with Crippen LogP contribution in [0.25, 0.3) is 0 Å². The average molecular weight is 353 g/mol. The molecule has 0 aliphatic carbocycles. The Hall–Kier alpha value is -2.66. The highest BCUT2D eigenvalue weighted by atomic mass is 16.5. The number of ether oxygens (including phenoxy) is 1. The Balaban J connectivity index is 1.79. The van der Waals surface area contributed by atoms with Crippen molar-refractivity contribution in [2.45, 2.75) is 19.4 Å². The lowest BCUT2D eigenvalue weighted by molar-refractivity contribution is -0.141.